The number of carbonyl (C=O) groups is 1. The molecule has 2 aromatic carbocycles. The number of nitrogens with zero attached hydrogens (tertiary/aromatic N) is 3. The Bertz CT molecular complexity index is 1210. The van der Waals surface area contributed by atoms with Crippen LogP contribution in [0.15, 0.2) is 64.3 Å². The first-order valence-electron chi connectivity index (χ1n) is 9.15. The van der Waals surface area contributed by atoms with Crippen LogP contribution in [0.5, 0.6) is 0 Å². The van der Waals surface area contributed by atoms with Gasteiger partial charge in [0.15, 0.2) is 8.29 Å². The first-order chi connectivity index (χ1) is 14.6. The van der Waals surface area contributed by atoms with E-state index in [1.807, 2.05) is 66.9 Å². The Kier molecular flexibility index (Phi) is 6.73. The van der Waals surface area contributed by atoms with Gasteiger partial charge < -0.3 is 5.32 Å². The Balaban J connectivity index is 1.35. The minimum atomic E-state index is -0.0579. The number of hydrogen-bond donors (Lipinski definition) is 1. The van der Waals surface area contributed by atoms with E-state index in [1.54, 1.807) is 16.4 Å². The van der Waals surface area contributed by atoms with Gasteiger partial charge >= 0.3 is 0 Å². The second kappa shape index (κ2) is 9.65. The van der Waals surface area contributed by atoms with E-state index in [4.69, 9.17) is 12.2 Å². The van der Waals surface area contributed by atoms with E-state index in [9.17, 15) is 4.79 Å². The molecule has 0 bridgehead atoms. The number of benzene rings is 2. The van der Waals surface area contributed by atoms with E-state index >= 15 is 0 Å². The quantitative estimate of drug-likeness (QED) is 0.269. The fourth-order valence-electron chi connectivity index (χ4n) is 2.73. The van der Waals surface area contributed by atoms with Gasteiger partial charge in [0.2, 0.25) is 5.91 Å². The number of aromatic nitrogens is 3. The summed E-state index contributed by atoms with van der Waals surface area (Å²) in [6, 6.07) is 17.6. The van der Waals surface area contributed by atoms with Crippen molar-refractivity contribution in [3.8, 4) is 5.69 Å². The summed E-state index contributed by atoms with van der Waals surface area (Å²) in [6.07, 6.45) is 0.269. The second-order valence-electron chi connectivity index (χ2n) is 6.44. The van der Waals surface area contributed by atoms with Crippen molar-refractivity contribution in [1.29, 1.82) is 0 Å². The summed E-state index contributed by atoms with van der Waals surface area (Å²) in [6.45, 7) is 1.97. The highest BCUT2D eigenvalue weighted by atomic mass is 32.2. The van der Waals surface area contributed by atoms with Crippen LogP contribution in [-0.2, 0) is 17.0 Å². The minimum Gasteiger partial charge on any atom is -0.325 e. The van der Waals surface area contributed by atoms with Crippen molar-refractivity contribution in [1.82, 2.24) is 14.8 Å². The van der Waals surface area contributed by atoms with Gasteiger partial charge in [-0.15, -0.1) is 16.4 Å². The molecule has 2 heterocycles. The monoisotopic (exact) mass is 470 g/mol. The van der Waals surface area contributed by atoms with Gasteiger partial charge in [0.1, 0.15) is 5.01 Å². The Hall–Kier alpha value is -2.33. The largest absolute Gasteiger partial charge is 0.325 e. The number of carbonyl (C=O) groups excluding carboxylic acids is 1. The Labute approximate surface area is 191 Å². The molecule has 5 nitrogen and oxygen atoms in total. The highest BCUT2D eigenvalue weighted by molar-refractivity contribution is 8.00. The zero-order chi connectivity index (χ0) is 20.9. The molecular weight excluding hydrogens is 453 g/mol. The molecule has 0 aliphatic carbocycles. The van der Waals surface area contributed by atoms with E-state index < -0.39 is 0 Å². The summed E-state index contributed by atoms with van der Waals surface area (Å²) in [7, 11) is 0. The average molecular weight is 471 g/mol. The molecule has 1 N–H and O–H groups in total. The molecule has 0 spiro atoms. The van der Waals surface area contributed by atoms with Crippen molar-refractivity contribution in [3.05, 3.63) is 80.2 Å². The van der Waals surface area contributed by atoms with E-state index in [1.165, 1.54) is 22.7 Å². The highest BCUT2D eigenvalue weighted by Crippen LogP contribution is 2.27. The Morgan fingerprint density at radius 1 is 1.17 bits per heavy atom. The lowest BCUT2D eigenvalue weighted by atomic mass is 10.2. The number of aryl methyl sites for hydroxylation is 1. The third-order valence-corrected chi connectivity index (χ3v) is 7.50. The summed E-state index contributed by atoms with van der Waals surface area (Å²) in [4.78, 5) is 16.9. The fraction of sp³-hybridized carbons (Fsp3) is 0.143. The van der Waals surface area contributed by atoms with Gasteiger partial charge in [0.05, 0.1) is 17.8 Å². The third-order valence-electron chi connectivity index (χ3n) is 4.20. The number of nitrogens with one attached hydrogen (secondary N) is 1. The molecule has 0 atom stereocenters. The molecule has 0 aliphatic heterocycles. The van der Waals surface area contributed by atoms with Gasteiger partial charge in [-0.25, -0.2) is 9.67 Å². The molecule has 0 radical (unpaired) electrons. The SMILES string of the molecule is Cc1ccccc1NC(=O)Cc1nc(CSc2nn(-c3ccccc3)c(=S)s2)cs1. The average Bonchev–Trinajstić information content (AvgIpc) is 3.35. The molecule has 1 amide bonds. The molecule has 30 heavy (non-hydrogen) atoms. The van der Waals surface area contributed by atoms with Crippen molar-refractivity contribution in [2.75, 3.05) is 5.32 Å². The van der Waals surface area contributed by atoms with E-state index in [0.29, 0.717) is 5.75 Å². The van der Waals surface area contributed by atoms with Crippen molar-refractivity contribution in [2.45, 2.75) is 23.4 Å². The van der Waals surface area contributed by atoms with E-state index in [2.05, 4.69) is 15.4 Å². The Morgan fingerprint density at radius 2 is 1.93 bits per heavy atom. The number of para-hydroxylation sites is 2. The molecular formula is C21H18N4OS4. The number of thiazole rings is 1. The van der Waals surface area contributed by atoms with Crippen LogP contribution >= 0.6 is 46.7 Å². The van der Waals surface area contributed by atoms with Crippen LogP contribution in [0.3, 0.4) is 0 Å². The standard InChI is InChI=1S/C21H18N4OS4/c1-14-7-5-6-10-17(14)23-18(26)11-19-22-15(12-28-19)13-29-20-24-25(21(27)30-20)16-8-3-2-4-9-16/h2-10,12H,11,13H2,1H3,(H,23,26). The van der Waals surface area contributed by atoms with Crippen LogP contribution in [0.4, 0.5) is 5.69 Å². The maximum absolute atomic E-state index is 12.3. The van der Waals surface area contributed by atoms with Crippen molar-refractivity contribution in [3.63, 3.8) is 0 Å². The minimum absolute atomic E-state index is 0.0579. The smallest absolute Gasteiger partial charge is 0.231 e. The number of anilines is 1. The lowest BCUT2D eigenvalue weighted by Crippen LogP contribution is -2.15. The summed E-state index contributed by atoms with van der Waals surface area (Å²) in [5, 5.41) is 10.4. The summed E-state index contributed by atoms with van der Waals surface area (Å²) in [5.74, 6) is 0.630. The molecule has 0 unspecified atom stereocenters. The first kappa shape index (κ1) is 20.9. The van der Waals surface area contributed by atoms with Gasteiger partial charge in [-0.05, 0) is 42.9 Å². The number of rotatable bonds is 7. The van der Waals surface area contributed by atoms with Gasteiger partial charge in [-0.2, -0.15) is 0 Å². The molecule has 4 rings (SSSR count). The first-order valence-corrected chi connectivity index (χ1v) is 12.2. The summed E-state index contributed by atoms with van der Waals surface area (Å²) in [5.41, 5.74) is 3.78. The molecule has 0 saturated heterocycles. The van der Waals surface area contributed by atoms with Crippen LogP contribution in [-0.4, -0.2) is 20.7 Å². The zero-order valence-electron chi connectivity index (χ0n) is 16.1. The van der Waals surface area contributed by atoms with Crippen LogP contribution < -0.4 is 5.32 Å². The summed E-state index contributed by atoms with van der Waals surface area (Å²) < 4.78 is 3.40. The molecule has 2 aromatic heterocycles. The number of amides is 1. The third kappa shape index (κ3) is 5.23. The van der Waals surface area contributed by atoms with Gasteiger partial charge in [-0.1, -0.05) is 59.5 Å². The van der Waals surface area contributed by atoms with Crippen molar-refractivity contribution < 1.29 is 4.79 Å². The zero-order valence-corrected chi connectivity index (χ0v) is 19.3. The van der Waals surface area contributed by atoms with Crippen LogP contribution in [0, 0.1) is 10.9 Å². The van der Waals surface area contributed by atoms with Crippen molar-refractivity contribution in [2.24, 2.45) is 0 Å². The van der Waals surface area contributed by atoms with E-state index in [-0.39, 0.29) is 12.3 Å². The molecule has 0 fully saturated rings. The number of thioether (sulfide) groups is 1. The molecule has 4 aromatic rings. The lowest BCUT2D eigenvalue weighted by Gasteiger charge is -2.06. The maximum Gasteiger partial charge on any atom is 0.231 e. The van der Waals surface area contributed by atoms with E-state index in [0.717, 1.165) is 35.9 Å². The van der Waals surface area contributed by atoms with Crippen LogP contribution in [0.25, 0.3) is 5.69 Å². The fourth-order valence-corrected chi connectivity index (χ4v) is 5.88. The predicted molar refractivity (Wildman–Crippen MR) is 127 cm³/mol. The normalized spacial score (nSPS) is 10.8. The lowest BCUT2D eigenvalue weighted by molar-refractivity contribution is -0.115. The van der Waals surface area contributed by atoms with Gasteiger partial charge in [0.25, 0.3) is 0 Å². The summed E-state index contributed by atoms with van der Waals surface area (Å²) >= 11 is 10.0. The van der Waals surface area contributed by atoms with Gasteiger partial charge in [0, 0.05) is 16.8 Å². The molecule has 152 valence electrons. The highest BCUT2D eigenvalue weighted by Gasteiger charge is 2.11. The predicted octanol–water partition coefficient (Wildman–Crippen LogP) is 5.90. The molecule has 0 saturated carbocycles. The second-order valence-corrected chi connectivity index (χ2v) is 10.2. The Morgan fingerprint density at radius 3 is 2.73 bits per heavy atom. The van der Waals surface area contributed by atoms with Crippen molar-refractivity contribution >= 4 is 58.2 Å². The number of hydrogen-bond acceptors (Lipinski definition) is 7. The van der Waals surface area contributed by atoms with Crippen LogP contribution in [0.1, 0.15) is 16.3 Å². The topological polar surface area (TPSA) is 59.8 Å². The molecule has 0 aliphatic rings. The van der Waals surface area contributed by atoms with Crippen LogP contribution in [0.2, 0.25) is 0 Å². The molecule has 9 heteroatoms. The van der Waals surface area contributed by atoms with Gasteiger partial charge in [-0.3, -0.25) is 4.79 Å². The maximum atomic E-state index is 12.3.